The van der Waals surface area contributed by atoms with Crippen LogP contribution in [0.5, 0.6) is 17.2 Å². The molecule has 0 saturated carbocycles. The molecule has 6 nitrogen and oxygen atoms in total. The highest BCUT2D eigenvalue weighted by Gasteiger charge is 2.08. The van der Waals surface area contributed by atoms with Crippen molar-refractivity contribution in [3.05, 3.63) is 59.7 Å². The quantitative estimate of drug-likeness (QED) is 0.607. The van der Waals surface area contributed by atoms with E-state index in [1.54, 1.807) is 30.3 Å². The van der Waals surface area contributed by atoms with Crippen molar-refractivity contribution in [1.82, 2.24) is 5.32 Å². The molecular weight excluding hydrogens is 310 g/mol. The number of amides is 1. The van der Waals surface area contributed by atoms with Crippen LogP contribution in [0.4, 0.5) is 0 Å². The van der Waals surface area contributed by atoms with Gasteiger partial charge in [0.25, 0.3) is 0 Å². The van der Waals surface area contributed by atoms with E-state index in [2.05, 4.69) is 5.32 Å². The third-order valence-corrected chi connectivity index (χ3v) is 3.38. The van der Waals surface area contributed by atoms with Crippen LogP contribution in [-0.2, 0) is 4.79 Å². The minimum absolute atomic E-state index is 0.0242. The average Bonchev–Trinajstić information content (AvgIpc) is 2.59. The summed E-state index contributed by atoms with van der Waals surface area (Å²) in [6.07, 6.45) is 2.04. The predicted molar refractivity (Wildman–Crippen MR) is 89.8 cm³/mol. The minimum Gasteiger partial charge on any atom is -0.508 e. The standard InChI is InChI=1S/C18H19NO5/c1-24-17-10-12(2-8-15(17)21)3-9-18(23)19-11-16(22)13-4-6-14(20)7-5-13/h2-10,16,20-22H,11H2,1H3,(H,19,23)/b9-3+/t16-/m1/s1. The van der Waals surface area contributed by atoms with Crippen LogP contribution in [0.2, 0.25) is 0 Å². The molecule has 1 atom stereocenters. The van der Waals surface area contributed by atoms with E-state index in [1.807, 2.05) is 0 Å². The van der Waals surface area contributed by atoms with Crippen molar-refractivity contribution in [3.8, 4) is 17.2 Å². The molecule has 0 unspecified atom stereocenters. The molecule has 0 heterocycles. The summed E-state index contributed by atoms with van der Waals surface area (Å²) in [5.74, 6) is 0.0959. The highest BCUT2D eigenvalue weighted by atomic mass is 16.5. The number of hydrogen-bond donors (Lipinski definition) is 4. The Hall–Kier alpha value is -2.99. The molecule has 24 heavy (non-hydrogen) atoms. The largest absolute Gasteiger partial charge is 0.508 e. The summed E-state index contributed by atoms with van der Waals surface area (Å²) in [6, 6.07) is 10.8. The molecule has 126 valence electrons. The lowest BCUT2D eigenvalue weighted by molar-refractivity contribution is -0.116. The summed E-state index contributed by atoms with van der Waals surface area (Å²) in [6.45, 7) is 0.0485. The number of ether oxygens (including phenoxy) is 1. The summed E-state index contributed by atoms with van der Waals surface area (Å²) in [7, 11) is 1.44. The number of phenols is 2. The number of methoxy groups -OCH3 is 1. The maximum atomic E-state index is 11.8. The van der Waals surface area contributed by atoms with Crippen LogP contribution in [-0.4, -0.2) is 34.9 Å². The number of aromatic hydroxyl groups is 2. The van der Waals surface area contributed by atoms with Crippen molar-refractivity contribution >= 4 is 12.0 Å². The highest BCUT2D eigenvalue weighted by molar-refractivity contribution is 5.91. The minimum atomic E-state index is -0.864. The van der Waals surface area contributed by atoms with Crippen LogP contribution >= 0.6 is 0 Å². The predicted octanol–water partition coefficient (Wildman–Crippen LogP) is 1.97. The molecular formula is C18H19NO5. The lowest BCUT2D eigenvalue weighted by Crippen LogP contribution is -2.26. The van der Waals surface area contributed by atoms with Gasteiger partial charge in [-0.3, -0.25) is 4.79 Å². The Morgan fingerprint density at radius 2 is 1.92 bits per heavy atom. The van der Waals surface area contributed by atoms with Gasteiger partial charge < -0.3 is 25.4 Å². The highest BCUT2D eigenvalue weighted by Crippen LogP contribution is 2.26. The Bertz CT molecular complexity index is 725. The molecule has 2 aromatic carbocycles. The number of phenolic OH excluding ortho intramolecular Hbond substituents is 2. The number of carbonyl (C=O) groups excluding carboxylic acids is 1. The molecule has 0 bridgehead atoms. The maximum Gasteiger partial charge on any atom is 0.244 e. The molecule has 0 aromatic heterocycles. The lowest BCUT2D eigenvalue weighted by atomic mass is 10.1. The molecule has 0 spiro atoms. The van der Waals surface area contributed by atoms with Gasteiger partial charge in [0, 0.05) is 12.6 Å². The van der Waals surface area contributed by atoms with Crippen LogP contribution in [0.25, 0.3) is 6.08 Å². The van der Waals surface area contributed by atoms with Crippen LogP contribution in [0, 0.1) is 0 Å². The lowest BCUT2D eigenvalue weighted by Gasteiger charge is -2.11. The summed E-state index contributed by atoms with van der Waals surface area (Å²) >= 11 is 0. The Morgan fingerprint density at radius 3 is 2.58 bits per heavy atom. The van der Waals surface area contributed by atoms with E-state index in [-0.39, 0.29) is 24.0 Å². The molecule has 2 rings (SSSR count). The van der Waals surface area contributed by atoms with Gasteiger partial charge in [-0.1, -0.05) is 18.2 Å². The molecule has 4 N–H and O–H groups in total. The maximum absolute atomic E-state index is 11.8. The van der Waals surface area contributed by atoms with Gasteiger partial charge in [0.1, 0.15) is 5.75 Å². The second kappa shape index (κ2) is 8.03. The van der Waals surface area contributed by atoms with Crippen LogP contribution < -0.4 is 10.1 Å². The molecule has 1 amide bonds. The molecule has 2 aromatic rings. The second-order valence-corrected chi connectivity index (χ2v) is 5.12. The topological polar surface area (TPSA) is 99.0 Å². The molecule has 0 saturated heterocycles. The molecule has 6 heteroatoms. The molecule has 0 aliphatic rings. The third kappa shape index (κ3) is 4.76. The van der Waals surface area contributed by atoms with Crippen LogP contribution in [0.3, 0.4) is 0 Å². The van der Waals surface area contributed by atoms with E-state index in [9.17, 15) is 20.1 Å². The van der Waals surface area contributed by atoms with Gasteiger partial charge in [0.15, 0.2) is 11.5 Å². The number of benzene rings is 2. The van der Waals surface area contributed by atoms with Gasteiger partial charge >= 0.3 is 0 Å². The van der Waals surface area contributed by atoms with Gasteiger partial charge in [-0.15, -0.1) is 0 Å². The van der Waals surface area contributed by atoms with Crippen molar-refractivity contribution in [3.63, 3.8) is 0 Å². The Balaban J connectivity index is 1.89. The number of aliphatic hydroxyl groups is 1. The van der Waals surface area contributed by atoms with Crippen molar-refractivity contribution < 1.29 is 24.9 Å². The molecule has 0 aliphatic heterocycles. The van der Waals surface area contributed by atoms with Crippen molar-refractivity contribution in [1.29, 1.82) is 0 Å². The fourth-order valence-electron chi connectivity index (χ4n) is 2.04. The third-order valence-electron chi connectivity index (χ3n) is 3.38. The molecule has 0 aliphatic carbocycles. The zero-order valence-corrected chi connectivity index (χ0v) is 13.1. The van der Waals surface area contributed by atoms with E-state index >= 15 is 0 Å². The zero-order chi connectivity index (χ0) is 17.5. The van der Waals surface area contributed by atoms with E-state index in [0.29, 0.717) is 16.9 Å². The molecule has 0 radical (unpaired) electrons. The van der Waals surface area contributed by atoms with E-state index in [4.69, 9.17) is 4.74 Å². The number of hydrogen-bond acceptors (Lipinski definition) is 5. The first-order valence-corrected chi connectivity index (χ1v) is 7.29. The van der Waals surface area contributed by atoms with Gasteiger partial charge in [-0.2, -0.15) is 0 Å². The van der Waals surface area contributed by atoms with Gasteiger partial charge in [-0.05, 0) is 41.5 Å². The Kier molecular flexibility index (Phi) is 5.81. The first kappa shape index (κ1) is 17.4. The normalized spacial score (nSPS) is 12.1. The van der Waals surface area contributed by atoms with Gasteiger partial charge in [-0.25, -0.2) is 0 Å². The van der Waals surface area contributed by atoms with E-state index in [0.717, 1.165) is 0 Å². The summed E-state index contributed by atoms with van der Waals surface area (Å²) in [5.41, 5.74) is 1.29. The number of aliphatic hydroxyl groups excluding tert-OH is 1. The Labute approximate surface area is 139 Å². The summed E-state index contributed by atoms with van der Waals surface area (Å²) in [4.78, 5) is 11.8. The SMILES string of the molecule is COc1cc(/C=C/C(=O)NC[C@@H](O)c2ccc(O)cc2)ccc1O. The summed E-state index contributed by atoms with van der Waals surface area (Å²) in [5, 5.41) is 31.3. The molecule has 0 fully saturated rings. The van der Waals surface area contributed by atoms with E-state index in [1.165, 1.54) is 31.4 Å². The van der Waals surface area contributed by atoms with Crippen molar-refractivity contribution in [2.75, 3.05) is 13.7 Å². The van der Waals surface area contributed by atoms with E-state index < -0.39 is 6.10 Å². The number of rotatable bonds is 6. The van der Waals surface area contributed by atoms with Crippen LogP contribution in [0.1, 0.15) is 17.2 Å². The fraction of sp³-hybridized carbons (Fsp3) is 0.167. The Morgan fingerprint density at radius 1 is 1.21 bits per heavy atom. The monoisotopic (exact) mass is 329 g/mol. The number of carbonyl (C=O) groups is 1. The summed E-state index contributed by atoms with van der Waals surface area (Å²) < 4.78 is 4.99. The smallest absolute Gasteiger partial charge is 0.244 e. The zero-order valence-electron chi connectivity index (χ0n) is 13.1. The number of nitrogens with one attached hydrogen (secondary N) is 1. The fourth-order valence-corrected chi connectivity index (χ4v) is 2.04. The van der Waals surface area contributed by atoms with Gasteiger partial charge in [0.2, 0.25) is 5.91 Å². The first-order chi connectivity index (χ1) is 11.5. The van der Waals surface area contributed by atoms with Crippen molar-refractivity contribution in [2.45, 2.75) is 6.10 Å². The van der Waals surface area contributed by atoms with Crippen molar-refractivity contribution in [2.24, 2.45) is 0 Å². The second-order valence-electron chi connectivity index (χ2n) is 5.12. The average molecular weight is 329 g/mol. The first-order valence-electron chi connectivity index (χ1n) is 7.29. The van der Waals surface area contributed by atoms with Crippen LogP contribution in [0.15, 0.2) is 48.5 Å². The van der Waals surface area contributed by atoms with Gasteiger partial charge in [0.05, 0.1) is 13.2 Å².